The number of ether oxygens (including phenoxy) is 1. The fraction of sp³-hybridized carbons (Fsp3) is 0.425. The zero-order valence-corrected chi connectivity index (χ0v) is 30.1. The van der Waals surface area contributed by atoms with Crippen molar-refractivity contribution in [3.8, 4) is 5.75 Å². The van der Waals surface area contributed by atoms with Crippen LogP contribution in [0.3, 0.4) is 0 Å². The van der Waals surface area contributed by atoms with E-state index >= 15 is 0 Å². The van der Waals surface area contributed by atoms with Crippen LogP contribution >= 0.6 is 0 Å². The second kappa shape index (κ2) is 20.1. The van der Waals surface area contributed by atoms with Crippen LogP contribution < -0.4 is 10.5 Å². The molecule has 1 unspecified atom stereocenters. The maximum Gasteiger partial charge on any atom is 0.148 e. The Morgan fingerprint density at radius 3 is 2.11 bits per heavy atom. The van der Waals surface area contributed by atoms with E-state index in [-0.39, 0.29) is 18.3 Å². The van der Waals surface area contributed by atoms with Crippen molar-refractivity contribution >= 4 is 11.4 Å². The van der Waals surface area contributed by atoms with E-state index in [9.17, 15) is 4.39 Å². The van der Waals surface area contributed by atoms with Crippen LogP contribution in [0.1, 0.15) is 109 Å². The predicted octanol–water partition coefficient (Wildman–Crippen LogP) is 10.4. The fourth-order valence-corrected chi connectivity index (χ4v) is 5.27. The number of halogens is 1. The van der Waals surface area contributed by atoms with Gasteiger partial charge in [0, 0.05) is 42.1 Å². The Balaban J connectivity index is 0.00000145. The SMILES string of the molecule is C=C(C(CC)CC)N1C=CN=C(N)/C1=C(\c1ccc(Cc2cc(F)cc(OCc3cnc(C)nc3)c2)cc1)C(C)CC.CC.CCC. The van der Waals surface area contributed by atoms with Crippen LogP contribution in [-0.2, 0) is 13.0 Å². The molecule has 2 aromatic carbocycles. The lowest BCUT2D eigenvalue weighted by Crippen LogP contribution is -2.33. The van der Waals surface area contributed by atoms with E-state index in [2.05, 4.69) is 92.2 Å². The molecule has 1 aliphatic rings. The number of nitrogens with zero attached hydrogens (tertiary/aromatic N) is 4. The van der Waals surface area contributed by atoms with E-state index in [4.69, 9.17) is 10.5 Å². The van der Waals surface area contributed by atoms with Crippen molar-refractivity contribution in [3.63, 3.8) is 0 Å². The molecule has 0 bridgehead atoms. The molecule has 0 fully saturated rings. The standard InChI is InChI=1S/C35H42FN5O.C3H8.C2H6/c1-7-23(4)33(34-35(37)38-14-15-41(34)24(5)29(8-2)9-3)30-12-10-26(11-13-30)16-27-17-31(36)19-32(18-27)42-22-28-20-39-25(6)40-21-28;1-3-2;1-2/h10-15,17-21,23,29H,5,7-9,16,22H2,1-4,6H3,(H2,37,38);3H2,1-2H3;1-2H3/b34-33+;;. The van der Waals surface area contributed by atoms with Gasteiger partial charge in [0.25, 0.3) is 0 Å². The van der Waals surface area contributed by atoms with Crippen LogP contribution in [0.5, 0.6) is 5.75 Å². The molecule has 47 heavy (non-hydrogen) atoms. The Labute approximate surface area is 283 Å². The summed E-state index contributed by atoms with van der Waals surface area (Å²) in [6, 6.07) is 13.3. The zero-order valence-electron chi connectivity index (χ0n) is 30.1. The second-order valence-corrected chi connectivity index (χ2v) is 11.6. The quantitative estimate of drug-likeness (QED) is 0.213. The van der Waals surface area contributed by atoms with Crippen molar-refractivity contribution in [1.82, 2.24) is 14.9 Å². The molecule has 6 nitrogen and oxygen atoms in total. The third-order valence-electron chi connectivity index (χ3n) is 7.88. The third kappa shape index (κ3) is 11.2. The summed E-state index contributed by atoms with van der Waals surface area (Å²) in [7, 11) is 0. The molecule has 0 spiro atoms. The molecule has 1 atom stereocenters. The highest BCUT2D eigenvalue weighted by Gasteiger charge is 2.27. The number of nitrogens with two attached hydrogens (primary N) is 1. The van der Waals surface area contributed by atoms with Crippen LogP contribution in [0.25, 0.3) is 5.57 Å². The second-order valence-electron chi connectivity index (χ2n) is 11.6. The molecule has 1 aliphatic heterocycles. The summed E-state index contributed by atoms with van der Waals surface area (Å²) in [4.78, 5) is 15.0. The average molecular weight is 642 g/mol. The summed E-state index contributed by atoms with van der Waals surface area (Å²) in [6.07, 6.45) is 11.9. The average Bonchev–Trinajstić information content (AvgIpc) is 3.07. The lowest BCUT2D eigenvalue weighted by molar-refractivity contribution is 0.303. The summed E-state index contributed by atoms with van der Waals surface area (Å²) in [6.45, 7) is 23.6. The van der Waals surface area contributed by atoms with E-state index in [1.54, 1.807) is 24.7 Å². The zero-order chi connectivity index (χ0) is 34.9. The summed E-state index contributed by atoms with van der Waals surface area (Å²) >= 11 is 0. The maximum atomic E-state index is 14.5. The van der Waals surface area contributed by atoms with Gasteiger partial charge in [0.2, 0.25) is 0 Å². The fourth-order valence-electron chi connectivity index (χ4n) is 5.27. The topological polar surface area (TPSA) is 76.6 Å². The molecule has 0 amide bonds. The normalized spacial score (nSPS) is 13.9. The first-order valence-corrected chi connectivity index (χ1v) is 17.2. The van der Waals surface area contributed by atoms with Crippen molar-refractivity contribution in [2.45, 2.75) is 101 Å². The van der Waals surface area contributed by atoms with Crippen molar-refractivity contribution in [2.24, 2.45) is 22.6 Å². The van der Waals surface area contributed by atoms with Gasteiger partial charge in [-0.15, -0.1) is 0 Å². The first kappa shape index (κ1) is 38.9. The van der Waals surface area contributed by atoms with Crippen molar-refractivity contribution in [2.75, 3.05) is 0 Å². The van der Waals surface area contributed by atoms with Crippen molar-refractivity contribution in [3.05, 3.63) is 119 Å². The molecule has 2 heterocycles. The number of hydrogen-bond donors (Lipinski definition) is 1. The number of allylic oxidation sites excluding steroid dienone is 2. The van der Waals surface area contributed by atoms with Crippen LogP contribution in [0.15, 0.2) is 90.2 Å². The number of hydrogen-bond acceptors (Lipinski definition) is 6. The monoisotopic (exact) mass is 641 g/mol. The molecule has 7 heteroatoms. The molecule has 0 saturated carbocycles. The third-order valence-corrected chi connectivity index (χ3v) is 7.88. The van der Waals surface area contributed by atoms with Gasteiger partial charge >= 0.3 is 0 Å². The molecular formula is C40H56FN5O. The Morgan fingerprint density at radius 2 is 1.53 bits per heavy atom. The number of aromatic nitrogens is 2. The van der Waals surface area contributed by atoms with E-state index in [1.165, 1.54) is 12.5 Å². The number of aliphatic imine (C=N–C) groups is 1. The van der Waals surface area contributed by atoms with Crippen LogP contribution in [0.2, 0.25) is 0 Å². The smallest absolute Gasteiger partial charge is 0.148 e. The van der Waals surface area contributed by atoms with E-state index in [0.717, 1.165) is 58.5 Å². The minimum absolute atomic E-state index is 0.241. The van der Waals surface area contributed by atoms with Crippen LogP contribution in [0, 0.1) is 24.6 Å². The van der Waals surface area contributed by atoms with Gasteiger partial charge < -0.3 is 15.4 Å². The Morgan fingerprint density at radius 1 is 0.915 bits per heavy atom. The number of rotatable bonds is 12. The minimum Gasteiger partial charge on any atom is -0.489 e. The number of benzene rings is 2. The Bertz CT molecular complexity index is 1490. The van der Waals surface area contributed by atoms with Gasteiger partial charge in [-0.1, -0.05) is 92.7 Å². The number of aryl methyl sites for hydroxylation is 1. The lowest BCUT2D eigenvalue weighted by atomic mass is 9.87. The first-order chi connectivity index (χ1) is 22.6. The van der Waals surface area contributed by atoms with E-state index in [1.807, 2.05) is 33.0 Å². The van der Waals surface area contributed by atoms with Crippen LogP contribution in [0.4, 0.5) is 4.39 Å². The maximum absolute atomic E-state index is 14.5. The Hall–Kier alpha value is -4.26. The summed E-state index contributed by atoms with van der Waals surface area (Å²) in [5.74, 6) is 1.92. The van der Waals surface area contributed by atoms with Gasteiger partial charge in [0.15, 0.2) is 0 Å². The van der Waals surface area contributed by atoms with Gasteiger partial charge in [0.05, 0.1) is 5.70 Å². The summed E-state index contributed by atoms with van der Waals surface area (Å²) < 4.78 is 20.4. The highest BCUT2D eigenvalue weighted by Crippen LogP contribution is 2.36. The molecule has 0 radical (unpaired) electrons. The van der Waals surface area contributed by atoms with Gasteiger partial charge in [-0.25, -0.2) is 19.4 Å². The predicted molar refractivity (Wildman–Crippen MR) is 196 cm³/mol. The summed E-state index contributed by atoms with van der Waals surface area (Å²) in [5, 5.41) is 0. The van der Waals surface area contributed by atoms with E-state index < -0.39 is 0 Å². The van der Waals surface area contributed by atoms with Gasteiger partial charge in [-0.2, -0.15) is 0 Å². The number of amidine groups is 1. The minimum atomic E-state index is -0.332. The van der Waals surface area contributed by atoms with Gasteiger partial charge in [0.1, 0.15) is 29.8 Å². The van der Waals surface area contributed by atoms with E-state index in [0.29, 0.717) is 29.7 Å². The highest BCUT2D eigenvalue weighted by molar-refractivity contribution is 6.05. The molecular weight excluding hydrogens is 585 g/mol. The molecule has 2 N–H and O–H groups in total. The Kier molecular flexibility index (Phi) is 16.6. The van der Waals surface area contributed by atoms with Gasteiger partial charge in [-0.05, 0) is 78.8 Å². The molecule has 254 valence electrons. The van der Waals surface area contributed by atoms with Crippen LogP contribution in [-0.4, -0.2) is 20.7 Å². The molecule has 0 aliphatic carbocycles. The summed E-state index contributed by atoms with van der Waals surface area (Å²) in [5.41, 5.74) is 13.4. The first-order valence-electron chi connectivity index (χ1n) is 17.2. The molecule has 0 saturated heterocycles. The molecule has 4 rings (SSSR count). The molecule has 1 aromatic heterocycles. The lowest BCUT2D eigenvalue weighted by Gasteiger charge is -2.34. The highest BCUT2D eigenvalue weighted by atomic mass is 19.1. The van der Waals surface area contributed by atoms with Crippen molar-refractivity contribution < 1.29 is 9.13 Å². The largest absolute Gasteiger partial charge is 0.489 e. The molecule has 3 aromatic rings. The van der Waals surface area contributed by atoms with Gasteiger partial charge in [-0.3, -0.25) is 0 Å². The van der Waals surface area contributed by atoms with Crippen molar-refractivity contribution in [1.29, 1.82) is 0 Å².